The van der Waals surface area contributed by atoms with Gasteiger partial charge in [0.2, 0.25) is 0 Å². The van der Waals surface area contributed by atoms with Crippen LogP contribution in [-0.2, 0) is 5.41 Å². The fourth-order valence-electron chi connectivity index (χ4n) is 11.9. The molecule has 0 saturated heterocycles. The molecule has 2 aliphatic carbocycles. The molecule has 0 atom stereocenters. The van der Waals surface area contributed by atoms with Crippen LogP contribution in [0.2, 0.25) is 0 Å². The Morgan fingerprint density at radius 3 is 0.928 bits per heavy atom. The fourth-order valence-corrected chi connectivity index (χ4v) is 11.9. The van der Waals surface area contributed by atoms with E-state index in [4.69, 9.17) is 0 Å². The molecule has 2 heteroatoms. The van der Waals surface area contributed by atoms with Crippen molar-refractivity contribution in [3.8, 4) is 22.3 Å². The molecule has 0 fully saturated rings. The highest BCUT2D eigenvalue weighted by molar-refractivity contribution is 6.11. The van der Waals surface area contributed by atoms with Gasteiger partial charge in [-0.05, 0) is 202 Å². The van der Waals surface area contributed by atoms with Crippen LogP contribution < -0.4 is 9.80 Å². The van der Waals surface area contributed by atoms with Crippen LogP contribution >= 0.6 is 0 Å². The third kappa shape index (κ3) is 6.60. The van der Waals surface area contributed by atoms with Crippen molar-refractivity contribution >= 4 is 55.7 Å². The molecule has 336 valence electrons. The lowest BCUT2D eigenvalue weighted by molar-refractivity contribution is 0.806. The van der Waals surface area contributed by atoms with Gasteiger partial charge in [-0.25, -0.2) is 0 Å². The van der Waals surface area contributed by atoms with Crippen LogP contribution in [-0.4, -0.2) is 0 Å². The van der Waals surface area contributed by atoms with Crippen molar-refractivity contribution in [2.75, 3.05) is 9.80 Å². The summed E-state index contributed by atoms with van der Waals surface area (Å²) in [5, 5.41) is 5.25. The van der Waals surface area contributed by atoms with Gasteiger partial charge < -0.3 is 9.80 Å². The first-order chi connectivity index (χ1) is 33.5. The number of fused-ring (bicyclic) bond motifs is 14. The Balaban J connectivity index is 1.18. The smallest absolute Gasteiger partial charge is 0.0737 e. The van der Waals surface area contributed by atoms with E-state index in [0.717, 1.165) is 34.1 Å². The molecule has 0 aliphatic heterocycles. The zero-order valence-corrected chi connectivity index (χ0v) is 41.0. The minimum Gasteiger partial charge on any atom is -0.310 e. The minimum atomic E-state index is -0.566. The van der Waals surface area contributed by atoms with Crippen molar-refractivity contribution in [2.24, 2.45) is 0 Å². The topological polar surface area (TPSA) is 6.48 Å². The average molecular weight is 891 g/mol. The van der Waals surface area contributed by atoms with E-state index >= 15 is 0 Å². The van der Waals surface area contributed by atoms with Crippen molar-refractivity contribution in [2.45, 2.75) is 72.6 Å². The van der Waals surface area contributed by atoms with Crippen LogP contribution in [0.5, 0.6) is 0 Å². The lowest BCUT2D eigenvalue weighted by Crippen LogP contribution is -2.27. The third-order valence-corrected chi connectivity index (χ3v) is 15.2. The number of hydrogen-bond acceptors (Lipinski definition) is 2. The molecule has 0 bridgehead atoms. The molecule has 0 aromatic heterocycles. The largest absolute Gasteiger partial charge is 0.310 e. The second-order valence-corrected chi connectivity index (χ2v) is 20.4. The van der Waals surface area contributed by atoms with E-state index in [-0.39, 0.29) is 11.8 Å². The van der Waals surface area contributed by atoms with E-state index in [9.17, 15) is 0 Å². The van der Waals surface area contributed by atoms with Crippen LogP contribution in [0.3, 0.4) is 0 Å². The molecule has 12 rings (SSSR count). The van der Waals surface area contributed by atoms with Gasteiger partial charge in [0.05, 0.1) is 5.41 Å². The summed E-state index contributed by atoms with van der Waals surface area (Å²) in [6, 6.07) is 74.2. The highest BCUT2D eigenvalue weighted by atomic mass is 15.1. The van der Waals surface area contributed by atoms with Gasteiger partial charge in [-0.1, -0.05) is 159 Å². The highest BCUT2D eigenvalue weighted by Gasteiger charge is 2.53. The second-order valence-electron chi connectivity index (χ2n) is 20.4. The predicted octanol–water partition coefficient (Wildman–Crippen LogP) is 18.8. The molecule has 69 heavy (non-hydrogen) atoms. The minimum absolute atomic E-state index is 0.283. The van der Waals surface area contributed by atoms with E-state index < -0.39 is 5.41 Å². The molecule has 10 aromatic carbocycles. The highest BCUT2D eigenvalue weighted by Crippen LogP contribution is 2.66. The van der Waals surface area contributed by atoms with Crippen LogP contribution in [0, 0.1) is 27.7 Å². The third-order valence-electron chi connectivity index (χ3n) is 15.2. The number of rotatable bonds is 8. The molecule has 2 aliphatic rings. The Bertz CT molecular complexity index is 3300. The molecular formula is C67H58N2. The van der Waals surface area contributed by atoms with Crippen molar-refractivity contribution in [1.82, 2.24) is 0 Å². The first-order valence-electron chi connectivity index (χ1n) is 24.8. The van der Waals surface area contributed by atoms with Gasteiger partial charge in [0.1, 0.15) is 0 Å². The maximum atomic E-state index is 2.59. The van der Waals surface area contributed by atoms with Gasteiger partial charge in [0.15, 0.2) is 0 Å². The number of benzene rings is 10. The predicted molar refractivity (Wildman–Crippen MR) is 294 cm³/mol. The summed E-state index contributed by atoms with van der Waals surface area (Å²) in [5.41, 5.74) is 24.9. The summed E-state index contributed by atoms with van der Waals surface area (Å²) in [5.74, 6) is 0.566. The van der Waals surface area contributed by atoms with E-state index in [0.29, 0.717) is 0 Å². The summed E-state index contributed by atoms with van der Waals surface area (Å²) < 4.78 is 0. The molecule has 0 heterocycles. The Labute approximate surface area is 408 Å². The van der Waals surface area contributed by atoms with Crippen molar-refractivity contribution in [3.05, 3.63) is 250 Å². The normalized spacial score (nSPS) is 13.0. The van der Waals surface area contributed by atoms with E-state index in [1.165, 1.54) is 99.4 Å². The molecule has 0 N–H and O–H groups in total. The summed E-state index contributed by atoms with van der Waals surface area (Å²) in [6.07, 6.45) is 0. The van der Waals surface area contributed by atoms with Crippen LogP contribution in [0.4, 0.5) is 34.1 Å². The zero-order chi connectivity index (χ0) is 47.3. The SMILES string of the molecule is Cc1ccc(N(c2ccc(C)cc2)c2ccc3c4c(cc(C(C)C)c3c2)-c2cc(C(C)C)c3cc(N(c5ccc(C)cc5)c5ccc(C)cc5)ccc3c2C42c3ccccc3-c3ccccc32)cc1. The maximum absolute atomic E-state index is 2.59. The Hall–Kier alpha value is -7.68. The molecule has 0 amide bonds. The van der Waals surface area contributed by atoms with Gasteiger partial charge in [-0.15, -0.1) is 0 Å². The molecule has 10 aromatic rings. The standard InChI is InChI=1S/C67H58N2/c1-41(2)57-39-61-62-40-58(42(3)4)60-38-52(69(49-29-21-45(7)22-30-49)50-31-23-46(8)24-32-50)34-36-56(60)66(62)67(63-15-11-9-13-53(63)54-14-10-12-16-64(54)67)65(61)55-35-33-51(37-59(55)57)68(47-25-17-43(5)18-26-47)48-27-19-44(6)20-28-48/h9-42H,1-8H3. The van der Waals surface area contributed by atoms with Gasteiger partial charge in [0.25, 0.3) is 0 Å². The quantitative estimate of drug-likeness (QED) is 0.150. The van der Waals surface area contributed by atoms with Crippen LogP contribution in [0.1, 0.15) is 95.2 Å². The van der Waals surface area contributed by atoms with Crippen molar-refractivity contribution < 1.29 is 0 Å². The summed E-state index contributed by atoms with van der Waals surface area (Å²) in [4.78, 5) is 4.85. The number of nitrogens with zero attached hydrogens (tertiary/aromatic N) is 2. The van der Waals surface area contributed by atoms with E-state index in [1.54, 1.807) is 0 Å². The van der Waals surface area contributed by atoms with Crippen LogP contribution in [0.15, 0.2) is 194 Å². The number of anilines is 6. The first kappa shape index (κ1) is 42.7. The lowest BCUT2D eigenvalue weighted by atomic mass is 9.67. The number of aryl methyl sites for hydroxylation is 4. The molecule has 0 unspecified atom stereocenters. The van der Waals surface area contributed by atoms with Gasteiger partial charge in [-0.3, -0.25) is 0 Å². The Morgan fingerprint density at radius 1 is 0.304 bits per heavy atom. The number of hydrogen-bond donors (Lipinski definition) is 0. The van der Waals surface area contributed by atoms with Gasteiger partial charge >= 0.3 is 0 Å². The summed E-state index contributed by atoms with van der Waals surface area (Å²) >= 11 is 0. The maximum Gasteiger partial charge on any atom is 0.0737 e. The van der Waals surface area contributed by atoms with Gasteiger partial charge in [-0.2, -0.15) is 0 Å². The van der Waals surface area contributed by atoms with Crippen LogP contribution in [0.25, 0.3) is 43.8 Å². The zero-order valence-electron chi connectivity index (χ0n) is 41.0. The second kappa shape index (κ2) is 16.2. The summed E-state index contributed by atoms with van der Waals surface area (Å²) in [6.45, 7) is 18.1. The first-order valence-corrected chi connectivity index (χ1v) is 24.8. The molecule has 1 spiro atoms. The Kier molecular flexibility index (Phi) is 10.0. The van der Waals surface area contributed by atoms with E-state index in [1.807, 2.05) is 0 Å². The lowest BCUT2D eigenvalue weighted by Gasteiger charge is -2.34. The fraction of sp³-hybridized carbons (Fsp3) is 0.164. The summed E-state index contributed by atoms with van der Waals surface area (Å²) in [7, 11) is 0. The Morgan fingerprint density at radius 2 is 0.609 bits per heavy atom. The monoisotopic (exact) mass is 890 g/mol. The van der Waals surface area contributed by atoms with Crippen molar-refractivity contribution in [1.29, 1.82) is 0 Å². The average Bonchev–Trinajstić information content (AvgIpc) is 3.83. The molecule has 2 nitrogen and oxygen atoms in total. The molecule has 0 radical (unpaired) electrons. The molecule has 0 saturated carbocycles. The van der Waals surface area contributed by atoms with Gasteiger partial charge in [0, 0.05) is 34.1 Å². The van der Waals surface area contributed by atoms with Crippen molar-refractivity contribution in [3.63, 3.8) is 0 Å². The molecular weight excluding hydrogens is 833 g/mol. The van der Waals surface area contributed by atoms with E-state index in [2.05, 4.69) is 259 Å².